The highest BCUT2D eigenvalue weighted by molar-refractivity contribution is 5.54. The third kappa shape index (κ3) is 3.16. The molecule has 0 amide bonds. The van der Waals surface area contributed by atoms with E-state index in [1.54, 1.807) is 0 Å². The summed E-state index contributed by atoms with van der Waals surface area (Å²) >= 11 is 0. The molecular formula is C17H26O4. The molecule has 2 unspecified atom stereocenters. The summed E-state index contributed by atoms with van der Waals surface area (Å²) in [5.74, 6) is 1.24. The summed E-state index contributed by atoms with van der Waals surface area (Å²) in [5.41, 5.74) is 2.07. The average Bonchev–Trinajstić information content (AvgIpc) is 2.34. The topological polar surface area (TPSA) is 47.9 Å². The van der Waals surface area contributed by atoms with Gasteiger partial charge in [0.25, 0.3) is 12.6 Å². The van der Waals surface area contributed by atoms with Gasteiger partial charge in [0.1, 0.15) is 0 Å². The number of hydrogen-bond donors (Lipinski definition) is 1. The van der Waals surface area contributed by atoms with Crippen molar-refractivity contribution < 1.29 is 19.3 Å². The normalized spacial score (nSPS) is 22.3. The number of fused-ring (bicyclic) bond motifs is 1. The molecule has 0 fully saturated rings. The standard InChI is InChI=1S/C17H26O4/c1-16(2,3)10-8-11(17(4,5)6)13-12(9-10)20-15(19-7)14(18)21-13/h8-9,14-15,18H,1-7H3. The summed E-state index contributed by atoms with van der Waals surface area (Å²) in [6.07, 6.45) is -1.93. The largest absolute Gasteiger partial charge is 0.454 e. The maximum atomic E-state index is 9.96. The van der Waals surface area contributed by atoms with Crippen LogP contribution in [0.1, 0.15) is 52.7 Å². The van der Waals surface area contributed by atoms with Crippen LogP contribution >= 0.6 is 0 Å². The van der Waals surface area contributed by atoms with Crippen molar-refractivity contribution in [3.63, 3.8) is 0 Å². The van der Waals surface area contributed by atoms with Crippen molar-refractivity contribution in [2.75, 3.05) is 7.11 Å². The van der Waals surface area contributed by atoms with Gasteiger partial charge >= 0.3 is 0 Å². The highest BCUT2D eigenvalue weighted by Gasteiger charge is 2.35. The van der Waals surface area contributed by atoms with Crippen molar-refractivity contribution in [3.05, 3.63) is 23.3 Å². The van der Waals surface area contributed by atoms with E-state index in [0.717, 1.165) is 5.56 Å². The van der Waals surface area contributed by atoms with E-state index >= 15 is 0 Å². The lowest BCUT2D eigenvalue weighted by Gasteiger charge is -2.35. The molecule has 1 heterocycles. The number of methoxy groups -OCH3 is 1. The summed E-state index contributed by atoms with van der Waals surface area (Å²) < 4.78 is 16.5. The van der Waals surface area contributed by atoms with Crippen LogP contribution < -0.4 is 9.47 Å². The van der Waals surface area contributed by atoms with Crippen LogP contribution in [0.4, 0.5) is 0 Å². The fourth-order valence-corrected chi connectivity index (χ4v) is 2.33. The molecule has 0 spiro atoms. The van der Waals surface area contributed by atoms with Crippen LogP contribution in [0.2, 0.25) is 0 Å². The number of rotatable bonds is 1. The van der Waals surface area contributed by atoms with Gasteiger partial charge in [-0.15, -0.1) is 0 Å². The van der Waals surface area contributed by atoms with E-state index in [9.17, 15) is 5.11 Å². The monoisotopic (exact) mass is 294 g/mol. The Labute approximate surface area is 127 Å². The fraction of sp³-hybridized carbons (Fsp3) is 0.647. The Morgan fingerprint density at radius 3 is 2.10 bits per heavy atom. The van der Waals surface area contributed by atoms with Gasteiger partial charge in [0.05, 0.1) is 0 Å². The molecule has 0 aromatic heterocycles. The lowest BCUT2D eigenvalue weighted by Crippen LogP contribution is -2.41. The molecule has 1 aromatic carbocycles. The van der Waals surface area contributed by atoms with Crippen molar-refractivity contribution in [2.45, 2.75) is 65.0 Å². The Bertz CT molecular complexity index is 523. The summed E-state index contributed by atoms with van der Waals surface area (Å²) in [7, 11) is 1.49. The third-order valence-corrected chi connectivity index (χ3v) is 3.68. The van der Waals surface area contributed by atoms with Gasteiger partial charge in [-0.25, -0.2) is 0 Å². The fourth-order valence-electron chi connectivity index (χ4n) is 2.33. The number of aliphatic hydroxyl groups is 1. The molecule has 0 saturated heterocycles. The Morgan fingerprint density at radius 2 is 1.62 bits per heavy atom. The number of benzene rings is 1. The summed E-state index contributed by atoms with van der Waals surface area (Å²) in [6, 6.07) is 4.12. The van der Waals surface area contributed by atoms with E-state index < -0.39 is 12.6 Å². The summed E-state index contributed by atoms with van der Waals surface area (Å²) in [4.78, 5) is 0. The predicted molar refractivity (Wildman–Crippen MR) is 81.9 cm³/mol. The maximum Gasteiger partial charge on any atom is 0.262 e. The van der Waals surface area contributed by atoms with Gasteiger partial charge < -0.3 is 19.3 Å². The molecule has 0 aliphatic carbocycles. The molecule has 4 nitrogen and oxygen atoms in total. The Morgan fingerprint density at radius 1 is 1.00 bits per heavy atom. The van der Waals surface area contributed by atoms with Crippen molar-refractivity contribution >= 4 is 0 Å². The molecule has 1 N–H and O–H groups in total. The molecule has 0 saturated carbocycles. The number of hydrogen-bond acceptors (Lipinski definition) is 4. The highest BCUT2D eigenvalue weighted by atomic mass is 16.7. The van der Waals surface area contributed by atoms with Crippen LogP contribution in [0.5, 0.6) is 11.5 Å². The summed E-state index contributed by atoms with van der Waals surface area (Å²) in [6.45, 7) is 12.8. The maximum absolute atomic E-state index is 9.96. The lowest BCUT2D eigenvalue weighted by atomic mass is 9.80. The van der Waals surface area contributed by atoms with Gasteiger partial charge in [-0.2, -0.15) is 0 Å². The minimum absolute atomic E-state index is 0.00295. The molecular weight excluding hydrogens is 268 g/mol. The molecule has 1 aliphatic heterocycles. The Kier molecular flexibility index (Phi) is 3.98. The molecule has 2 atom stereocenters. The average molecular weight is 294 g/mol. The highest BCUT2D eigenvalue weighted by Crippen LogP contribution is 2.45. The second-order valence-corrected chi connectivity index (χ2v) is 7.58. The van der Waals surface area contributed by atoms with Crippen molar-refractivity contribution in [3.8, 4) is 11.5 Å². The predicted octanol–water partition coefficient (Wildman–Crippen LogP) is 3.34. The van der Waals surface area contributed by atoms with Gasteiger partial charge in [0, 0.05) is 12.7 Å². The van der Waals surface area contributed by atoms with Crippen LogP contribution in [-0.2, 0) is 15.6 Å². The first-order valence-corrected chi connectivity index (χ1v) is 7.27. The molecule has 0 radical (unpaired) electrons. The number of ether oxygens (including phenoxy) is 3. The molecule has 118 valence electrons. The van der Waals surface area contributed by atoms with Gasteiger partial charge in [-0.05, 0) is 22.5 Å². The van der Waals surface area contributed by atoms with Crippen LogP contribution in [0.15, 0.2) is 12.1 Å². The lowest BCUT2D eigenvalue weighted by molar-refractivity contribution is -0.211. The first kappa shape index (κ1) is 16.1. The molecule has 1 aromatic rings. The SMILES string of the molecule is COC1Oc2cc(C(C)(C)C)cc(C(C)(C)C)c2OC1O. The first-order valence-electron chi connectivity index (χ1n) is 7.27. The smallest absolute Gasteiger partial charge is 0.262 e. The molecule has 2 rings (SSSR count). The van der Waals surface area contributed by atoms with Gasteiger partial charge in [0.15, 0.2) is 11.5 Å². The molecule has 0 bridgehead atoms. The van der Waals surface area contributed by atoms with Gasteiger partial charge in [0.2, 0.25) is 0 Å². The van der Waals surface area contributed by atoms with E-state index in [2.05, 4.69) is 47.6 Å². The van der Waals surface area contributed by atoms with E-state index in [4.69, 9.17) is 14.2 Å². The van der Waals surface area contributed by atoms with Gasteiger partial charge in [-0.1, -0.05) is 47.6 Å². The van der Waals surface area contributed by atoms with Gasteiger partial charge in [-0.3, -0.25) is 0 Å². The van der Waals surface area contributed by atoms with Crippen molar-refractivity contribution in [2.24, 2.45) is 0 Å². The Hall–Kier alpha value is -1.26. The van der Waals surface area contributed by atoms with Crippen molar-refractivity contribution in [1.82, 2.24) is 0 Å². The van der Waals surface area contributed by atoms with E-state index in [0.29, 0.717) is 11.5 Å². The number of aliphatic hydroxyl groups excluding tert-OH is 1. The second kappa shape index (κ2) is 5.18. The zero-order chi connectivity index (χ0) is 16.0. The van der Waals surface area contributed by atoms with E-state index in [1.807, 2.05) is 6.07 Å². The van der Waals surface area contributed by atoms with E-state index in [1.165, 1.54) is 12.7 Å². The van der Waals surface area contributed by atoms with Crippen molar-refractivity contribution in [1.29, 1.82) is 0 Å². The molecule has 21 heavy (non-hydrogen) atoms. The minimum Gasteiger partial charge on any atom is -0.454 e. The van der Waals surface area contributed by atoms with Crippen LogP contribution in [0, 0.1) is 0 Å². The van der Waals surface area contributed by atoms with Crippen LogP contribution in [0.25, 0.3) is 0 Å². The minimum atomic E-state index is -1.12. The zero-order valence-electron chi connectivity index (χ0n) is 14.0. The zero-order valence-corrected chi connectivity index (χ0v) is 14.0. The van der Waals surface area contributed by atoms with E-state index in [-0.39, 0.29) is 10.8 Å². The first-order chi connectivity index (χ1) is 9.54. The second-order valence-electron chi connectivity index (χ2n) is 7.58. The molecule has 4 heteroatoms. The summed E-state index contributed by atoms with van der Waals surface area (Å²) in [5, 5.41) is 9.96. The van der Waals surface area contributed by atoms with Crippen LogP contribution in [0.3, 0.4) is 0 Å². The third-order valence-electron chi connectivity index (χ3n) is 3.68. The Balaban J connectivity index is 2.61. The quantitative estimate of drug-likeness (QED) is 0.863. The molecule has 1 aliphatic rings. The van der Waals surface area contributed by atoms with Crippen LogP contribution in [-0.4, -0.2) is 24.8 Å².